The van der Waals surface area contributed by atoms with Gasteiger partial charge in [0.15, 0.2) is 6.10 Å². The first-order chi connectivity index (χ1) is 13.0. The van der Waals surface area contributed by atoms with E-state index in [1.54, 1.807) is 48.2 Å². The van der Waals surface area contributed by atoms with Crippen LogP contribution in [0.2, 0.25) is 0 Å². The molecule has 0 bridgehead atoms. The number of rotatable bonds is 4. The second-order valence-electron chi connectivity index (χ2n) is 6.28. The Morgan fingerprint density at radius 2 is 1.93 bits per heavy atom. The number of hydrogen-bond donors (Lipinski definition) is 0. The molecule has 1 aliphatic heterocycles. The number of methoxy groups -OCH3 is 1. The lowest BCUT2D eigenvalue weighted by atomic mass is 9.96. The van der Waals surface area contributed by atoms with Crippen molar-refractivity contribution in [2.45, 2.75) is 25.9 Å². The molecule has 1 heterocycles. The van der Waals surface area contributed by atoms with Crippen molar-refractivity contribution in [2.75, 3.05) is 18.6 Å². The van der Waals surface area contributed by atoms with Gasteiger partial charge in [0.05, 0.1) is 24.3 Å². The summed E-state index contributed by atoms with van der Waals surface area (Å²) in [6.07, 6.45) is 0.775. The van der Waals surface area contributed by atoms with E-state index in [1.807, 2.05) is 12.1 Å². The minimum atomic E-state index is -0.703. The van der Waals surface area contributed by atoms with E-state index in [-0.39, 0.29) is 5.91 Å². The van der Waals surface area contributed by atoms with Crippen molar-refractivity contribution in [2.24, 2.45) is 0 Å². The summed E-state index contributed by atoms with van der Waals surface area (Å²) < 4.78 is 10.6. The third-order valence-electron chi connectivity index (χ3n) is 4.57. The molecule has 2 aromatic carbocycles. The third-order valence-corrected chi connectivity index (χ3v) is 4.57. The first-order valence-electron chi connectivity index (χ1n) is 8.73. The molecule has 0 fully saturated rings. The Balaban J connectivity index is 1.81. The lowest BCUT2D eigenvalue weighted by Gasteiger charge is -2.32. The molecule has 27 heavy (non-hydrogen) atoms. The molecule has 1 aliphatic rings. The van der Waals surface area contributed by atoms with Crippen LogP contribution in [0.1, 0.15) is 34.8 Å². The number of fused-ring (bicyclic) bond motifs is 1. The van der Waals surface area contributed by atoms with Crippen molar-refractivity contribution >= 4 is 17.6 Å². The van der Waals surface area contributed by atoms with Crippen LogP contribution in [-0.2, 0) is 16.0 Å². The Morgan fingerprint density at radius 1 is 1.19 bits per heavy atom. The van der Waals surface area contributed by atoms with E-state index in [0.717, 1.165) is 24.1 Å². The van der Waals surface area contributed by atoms with Crippen molar-refractivity contribution in [1.82, 2.24) is 0 Å². The van der Waals surface area contributed by atoms with Gasteiger partial charge in [0, 0.05) is 12.2 Å². The van der Waals surface area contributed by atoms with Gasteiger partial charge < -0.3 is 14.4 Å². The topological polar surface area (TPSA) is 79.6 Å². The van der Waals surface area contributed by atoms with E-state index >= 15 is 0 Å². The van der Waals surface area contributed by atoms with Crippen LogP contribution in [-0.4, -0.2) is 31.6 Å². The van der Waals surface area contributed by atoms with Gasteiger partial charge in [0.25, 0.3) is 5.91 Å². The Hall–Kier alpha value is -3.33. The minimum absolute atomic E-state index is 0.178. The van der Waals surface area contributed by atoms with Crippen molar-refractivity contribution in [3.8, 4) is 11.8 Å². The van der Waals surface area contributed by atoms with Crippen molar-refractivity contribution in [3.63, 3.8) is 0 Å². The van der Waals surface area contributed by atoms with Gasteiger partial charge in [-0.25, -0.2) is 4.79 Å². The number of nitriles is 1. The average Bonchev–Trinajstić information content (AvgIpc) is 2.72. The quantitative estimate of drug-likeness (QED) is 0.779. The van der Waals surface area contributed by atoms with E-state index in [4.69, 9.17) is 14.7 Å². The van der Waals surface area contributed by atoms with E-state index in [9.17, 15) is 9.59 Å². The highest BCUT2D eigenvalue weighted by Gasteiger charge is 2.29. The summed E-state index contributed by atoms with van der Waals surface area (Å²) in [5.41, 5.74) is 2.58. The summed E-state index contributed by atoms with van der Waals surface area (Å²) in [6, 6.07) is 14.0. The zero-order chi connectivity index (χ0) is 19.4. The van der Waals surface area contributed by atoms with Crippen LogP contribution in [0, 0.1) is 11.3 Å². The fraction of sp³-hybridized carbons (Fsp3) is 0.286. The third kappa shape index (κ3) is 3.77. The van der Waals surface area contributed by atoms with Crippen LogP contribution >= 0.6 is 0 Å². The van der Waals surface area contributed by atoms with Crippen LogP contribution in [0.3, 0.4) is 0 Å². The summed E-state index contributed by atoms with van der Waals surface area (Å²) >= 11 is 0. The molecule has 1 atom stereocenters. The molecular formula is C21H20N2O4. The van der Waals surface area contributed by atoms with Crippen LogP contribution in [0.5, 0.6) is 5.75 Å². The first kappa shape index (κ1) is 18.5. The van der Waals surface area contributed by atoms with E-state index < -0.39 is 12.1 Å². The minimum Gasteiger partial charge on any atom is -0.481 e. The molecule has 6 heteroatoms. The van der Waals surface area contributed by atoms with Gasteiger partial charge in [-0.2, -0.15) is 5.26 Å². The molecule has 0 saturated carbocycles. The Morgan fingerprint density at radius 3 is 2.59 bits per heavy atom. The number of carbonyl (C=O) groups excluding carboxylic acids is 2. The summed E-state index contributed by atoms with van der Waals surface area (Å²) in [5, 5.41) is 8.86. The zero-order valence-corrected chi connectivity index (χ0v) is 15.3. The van der Waals surface area contributed by atoms with Crippen molar-refractivity contribution in [3.05, 3.63) is 59.2 Å². The zero-order valence-electron chi connectivity index (χ0n) is 15.3. The first-order valence-corrected chi connectivity index (χ1v) is 8.73. The molecule has 0 spiro atoms. The summed E-state index contributed by atoms with van der Waals surface area (Å²) in [6.45, 7) is 2.26. The van der Waals surface area contributed by atoms with Gasteiger partial charge in [-0.05, 0) is 61.7 Å². The van der Waals surface area contributed by atoms with Gasteiger partial charge in [0.1, 0.15) is 5.75 Å². The molecule has 2 aromatic rings. The largest absolute Gasteiger partial charge is 0.481 e. The second-order valence-corrected chi connectivity index (χ2v) is 6.28. The lowest BCUT2D eigenvalue weighted by Crippen LogP contribution is -2.43. The number of amides is 1. The van der Waals surface area contributed by atoms with Gasteiger partial charge >= 0.3 is 5.97 Å². The van der Waals surface area contributed by atoms with Crippen molar-refractivity contribution < 1.29 is 19.1 Å². The Labute approximate surface area is 157 Å². The molecule has 1 amide bonds. The number of benzene rings is 2. The van der Waals surface area contributed by atoms with Crippen molar-refractivity contribution in [1.29, 1.82) is 5.26 Å². The van der Waals surface area contributed by atoms with Gasteiger partial charge in [-0.3, -0.25) is 4.79 Å². The van der Waals surface area contributed by atoms with Crippen LogP contribution in [0.25, 0.3) is 0 Å². The Kier molecular flexibility index (Phi) is 5.41. The van der Waals surface area contributed by atoms with Gasteiger partial charge in [-0.1, -0.05) is 6.07 Å². The number of hydrogen-bond acceptors (Lipinski definition) is 5. The maximum atomic E-state index is 13.0. The molecule has 138 valence electrons. The maximum absolute atomic E-state index is 13.0. The number of ether oxygens (including phenoxy) is 2. The fourth-order valence-electron chi connectivity index (χ4n) is 3.24. The fourth-order valence-corrected chi connectivity index (χ4v) is 3.24. The van der Waals surface area contributed by atoms with Crippen LogP contribution in [0.4, 0.5) is 5.69 Å². The SMILES string of the molecule is COC(=O)c1cccc2c1CCCN2C(=O)[C@H](C)Oc1ccc(C#N)cc1. The standard InChI is InChI=1S/C21H20N2O4/c1-14(27-16-10-8-15(13-22)9-11-16)20(24)23-12-4-6-17-18(21(25)26-2)5-3-7-19(17)23/h3,5,7-11,14H,4,6,12H2,1-2H3/t14-/m0/s1. The summed E-state index contributed by atoms with van der Waals surface area (Å²) in [7, 11) is 1.35. The normalized spacial score (nSPS) is 13.9. The van der Waals surface area contributed by atoms with Crippen LogP contribution < -0.4 is 9.64 Å². The average molecular weight is 364 g/mol. The van der Waals surface area contributed by atoms with Gasteiger partial charge in [-0.15, -0.1) is 0 Å². The monoisotopic (exact) mass is 364 g/mol. The van der Waals surface area contributed by atoms with Crippen LogP contribution in [0.15, 0.2) is 42.5 Å². The summed E-state index contributed by atoms with van der Waals surface area (Å²) in [4.78, 5) is 26.7. The molecule has 6 nitrogen and oxygen atoms in total. The number of nitrogens with zero attached hydrogens (tertiary/aromatic N) is 2. The van der Waals surface area contributed by atoms with E-state index in [0.29, 0.717) is 23.4 Å². The predicted molar refractivity (Wildman–Crippen MR) is 99.7 cm³/mol. The van der Waals surface area contributed by atoms with E-state index in [2.05, 4.69) is 0 Å². The highest BCUT2D eigenvalue weighted by atomic mass is 16.5. The molecule has 0 radical (unpaired) electrons. The lowest BCUT2D eigenvalue weighted by molar-refractivity contribution is -0.124. The molecule has 0 saturated heterocycles. The highest BCUT2D eigenvalue weighted by molar-refractivity contribution is 6.00. The molecule has 0 aromatic heterocycles. The molecular weight excluding hydrogens is 344 g/mol. The smallest absolute Gasteiger partial charge is 0.338 e. The molecule has 0 N–H and O–H groups in total. The highest BCUT2D eigenvalue weighted by Crippen LogP contribution is 2.31. The number of anilines is 1. The molecule has 0 aliphatic carbocycles. The number of esters is 1. The molecule has 0 unspecified atom stereocenters. The predicted octanol–water partition coefficient (Wildman–Crippen LogP) is 3.09. The summed E-state index contributed by atoms with van der Waals surface area (Å²) in [5.74, 6) is -0.0549. The maximum Gasteiger partial charge on any atom is 0.338 e. The molecule has 3 rings (SSSR count). The van der Waals surface area contributed by atoms with E-state index in [1.165, 1.54) is 7.11 Å². The number of carbonyl (C=O) groups is 2. The van der Waals surface area contributed by atoms with Gasteiger partial charge in [0.2, 0.25) is 0 Å². The Bertz CT molecular complexity index is 899. The second kappa shape index (κ2) is 7.92.